The smallest absolute Gasteiger partial charge is 0.119 e. The molecular weight excluding hydrogens is 444 g/mol. The molecule has 1 nitrogen and oxygen atoms in total. The van der Waals surface area contributed by atoms with Gasteiger partial charge in [-0.05, 0) is 60.2 Å². The van der Waals surface area contributed by atoms with E-state index >= 15 is 0 Å². The Hall–Kier alpha value is -2.06. The molecule has 1 aromatic heterocycles. The summed E-state index contributed by atoms with van der Waals surface area (Å²) in [6.07, 6.45) is 18.7. The number of hydrogen-bond acceptors (Lipinski definition) is 2. The Morgan fingerprint density at radius 2 is 1.03 bits per heavy atom. The van der Waals surface area contributed by atoms with Gasteiger partial charge in [-0.15, -0.1) is 11.3 Å². The highest BCUT2D eigenvalue weighted by molar-refractivity contribution is 7.15. The summed E-state index contributed by atoms with van der Waals surface area (Å²) in [5.41, 5.74) is 3.82. The van der Waals surface area contributed by atoms with Crippen LogP contribution in [0.5, 0.6) is 5.75 Å². The van der Waals surface area contributed by atoms with E-state index in [9.17, 15) is 0 Å². The fourth-order valence-electron chi connectivity index (χ4n) is 4.57. The highest BCUT2D eigenvalue weighted by Gasteiger charge is 2.05. The van der Waals surface area contributed by atoms with Crippen LogP contribution in [0.2, 0.25) is 0 Å². The molecule has 0 amide bonds. The second-order valence-corrected chi connectivity index (χ2v) is 11.0. The Balaban J connectivity index is 1.35. The number of benzene rings is 2. The number of ether oxygens (including phenoxy) is 1. The monoisotopic (exact) mass is 490 g/mol. The van der Waals surface area contributed by atoms with Gasteiger partial charge in [-0.3, -0.25) is 0 Å². The molecule has 0 aliphatic heterocycles. The molecule has 0 radical (unpaired) electrons. The molecule has 0 aliphatic rings. The van der Waals surface area contributed by atoms with Gasteiger partial charge in [-0.25, -0.2) is 0 Å². The summed E-state index contributed by atoms with van der Waals surface area (Å²) in [7, 11) is 0. The summed E-state index contributed by atoms with van der Waals surface area (Å²) >= 11 is 1.94. The Morgan fingerprint density at radius 1 is 0.514 bits per heavy atom. The minimum Gasteiger partial charge on any atom is -0.494 e. The number of unbranched alkanes of at least 4 members (excludes halogenated alkanes) is 11. The largest absolute Gasteiger partial charge is 0.494 e. The average molecular weight is 491 g/mol. The van der Waals surface area contributed by atoms with E-state index in [4.69, 9.17) is 4.74 Å². The van der Waals surface area contributed by atoms with Crippen molar-refractivity contribution in [1.82, 2.24) is 0 Å². The number of thiophene rings is 1. The van der Waals surface area contributed by atoms with Crippen molar-refractivity contribution in [2.24, 2.45) is 0 Å². The molecule has 0 bridgehead atoms. The molecule has 190 valence electrons. The van der Waals surface area contributed by atoms with E-state index < -0.39 is 0 Å². The standard InChI is InChI=1S/C33H46OS/c1-3-5-7-8-9-10-11-12-13-15-27-34-31-23-21-29(22-24-31)28-17-19-30(20-18-28)33-26-25-32(35-33)16-14-6-4-2/h17-26H,3-16,27H2,1-2H3. The zero-order valence-electron chi connectivity index (χ0n) is 22.2. The van der Waals surface area contributed by atoms with Gasteiger partial charge < -0.3 is 4.74 Å². The van der Waals surface area contributed by atoms with Crippen LogP contribution in [0.3, 0.4) is 0 Å². The highest BCUT2D eigenvalue weighted by Crippen LogP contribution is 2.31. The van der Waals surface area contributed by atoms with E-state index in [0.29, 0.717) is 0 Å². The third-order valence-corrected chi connectivity index (χ3v) is 8.01. The number of aryl methyl sites for hydroxylation is 1. The summed E-state index contributed by atoms with van der Waals surface area (Å²) in [5, 5.41) is 0. The van der Waals surface area contributed by atoms with Gasteiger partial charge in [0.25, 0.3) is 0 Å². The van der Waals surface area contributed by atoms with Crippen LogP contribution in [-0.2, 0) is 6.42 Å². The predicted molar refractivity (Wildman–Crippen MR) is 156 cm³/mol. The van der Waals surface area contributed by atoms with E-state index in [1.54, 1.807) is 0 Å². The summed E-state index contributed by atoms with van der Waals surface area (Å²) in [5.74, 6) is 0.982. The second kappa shape index (κ2) is 16.6. The summed E-state index contributed by atoms with van der Waals surface area (Å²) in [4.78, 5) is 2.88. The van der Waals surface area contributed by atoms with E-state index in [2.05, 4.69) is 74.5 Å². The Labute approximate surface area is 219 Å². The minimum absolute atomic E-state index is 0.825. The van der Waals surface area contributed by atoms with Gasteiger partial charge in [0.05, 0.1) is 6.61 Å². The molecule has 0 saturated carbocycles. The SMILES string of the molecule is CCCCCCCCCCCCOc1ccc(-c2ccc(-c3ccc(CCCCC)s3)cc2)cc1. The first-order valence-electron chi connectivity index (χ1n) is 14.2. The molecule has 35 heavy (non-hydrogen) atoms. The van der Waals surface area contributed by atoms with E-state index in [-0.39, 0.29) is 0 Å². The van der Waals surface area contributed by atoms with Gasteiger partial charge in [0, 0.05) is 9.75 Å². The first kappa shape index (κ1) is 27.5. The van der Waals surface area contributed by atoms with Crippen LogP contribution < -0.4 is 4.74 Å². The van der Waals surface area contributed by atoms with Gasteiger partial charge in [0.1, 0.15) is 5.75 Å². The molecule has 0 atom stereocenters. The highest BCUT2D eigenvalue weighted by atomic mass is 32.1. The summed E-state index contributed by atoms with van der Waals surface area (Å²) < 4.78 is 5.98. The minimum atomic E-state index is 0.825. The van der Waals surface area contributed by atoms with Crippen molar-refractivity contribution in [2.45, 2.75) is 104 Å². The van der Waals surface area contributed by atoms with Crippen LogP contribution in [0.25, 0.3) is 21.6 Å². The van der Waals surface area contributed by atoms with Gasteiger partial charge in [0.15, 0.2) is 0 Å². The van der Waals surface area contributed by atoms with Gasteiger partial charge in [0.2, 0.25) is 0 Å². The lowest BCUT2D eigenvalue weighted by Gasteiger charge is -2.08. The Bertz CT molecular complexity index is 922. The number of rotatable bonds is 18. The van der Waals surface area contributed by atoms with Crippen LogP contribution in [-0.4, -0.2) is 6.61 Å². The second-order valence-electron chi connectivity index (χ2n) is 9.86. The molecular formula is C33H46OS. The Morgan fingerprint density at radius 3 is 1.66 bits per heavy atom. The molecule has 0 spiro atoms. The van der Waals surface area contributed by atoms with Crippen LogP contribution in [0.4, 0.5) is 0 Å². The van der Waals surface area contributed by atoms with Crippen molar-refractivity contribution in [3.63, 3.8) is 0 Å². The van der Waals surface area contributed by atoms with E-state index in [1.165, 1.54) is 110 Å². The maximum absolute atomic E-state index is 5.98. The lowest BCUT2D eigenvalue weighted by molar-refractivity contribution is 0.304. The van der Waals surface area contributed by atoms with Crippen molar-refractivity contribution in [3.8, 4) is 27.3 Å². The van der Waals surface area contributed by atoms with Gasteiger partial charge in [-0.1, -0.05) is 121 Å². The van der Waals surface area contributed by atoms with Crippen molar-refractivity contribution >= 4 is 11.3 Å². The molecule has 0 N–H and O–H groups in total. The zero-order valence-corrected chi connectivity index (χ0v) is 23.0. The molecule has 1 heterocycles. The zero-order chi connectivity index (χ0) is 24.6. The maximum Gasteiger partial charge on any atom is 0.119 e. The van der Waals surface area contributed by atoms with Crippen LogP contribution in [0.1, 0.15) is 102 Å². The van der Waals surface area contributed by atoms with Crippen molar-refractivity contribution in [1.29, 1.82) is 0 Å². The predicted octanol–water partition coefficient (Wildman–Crippen LogP) is 11.1. The molecule has 0 unspecified atom stereocenters. The van der Waals surface area contributed by atoms with Crippen molar-refractivity contribution in [3.05, 3.63) is 65.5 Å². The molecule has 2 heteroatoms. The van der Waals surface area contributed by atoms with Crippen LogP contribution >= 0.6 is 11.3 Å². The summed E-state index contributed by atoms with van der Waals surface area (Å²) in [6, 6.07) is 22.2. The summed E-state index contributed by atoms with van der Waals surface area (Å²) in [6.45, 7) is 5.37. The quantitative estimate of drug-likeness (QED) is 0.161. The lowest BCUT2D eigenvalue weighted by Crippen LogP contribution is -1.97. The molecule has 0 aliphatic carbocycles. The average Bonchev–Trinajstić information content (AvgIpc) is 3.37. The van der Waals surface area contributed by atoms with Gasteiger partial charge >= 0.3 is 0 Å². The molecule has 3 aromatic rings. The van der Waals surface area contributed by atoms with E-state index in [1.807, 2.05) is 11.3 Å². The molecule has 0 fully saturated rings. The fourth-order valence-corrected chi connectivity index (χ4v) is 5.62. The lowest BCUT2D eigenvalue weighted by atomic mass is 10.0. The topological polar surface area (TPSA) is 9.23 Å². The normalized spacial score (nSPS) is 11.1. The first-order valence-corrected chi connectivity index (χ1v) is 15.0. The van der Waals surface area contributed by atoms with Crippen LogP contribution in [0, 0.1) is 0 Å². The third-order valence-electron chi connectivity index (χ3n) is 6.81. The van der Waals surface area contributed by atoms with Crippen LogP contribution in [0.15, 0.2) is 60.7 Å². The third kappa shape index (κ3) is 10.2. The fraction of sp³-hybridized carbons (Fsp3) is 0.515. The van der Waals surface area contributed by atoms with Gasteiger partial charge in [-0.2, -0.15) is 0 Å². The van der Waals surface area contributed by atoms with Crippen molar-refractivity contribution in [2.75, 3.05) is 6.61 Å². The van der Waals surface area contributed by atoms with Crippen molar-refractivity contribution < 1.29 is 4.74 Å². The number of hydrogen-bond donors (Lipinski definition) is 0. The Kier molecular flexibility index (Phi) is 13.0. The molecule has 2 aromatic carbocycles. The molecule has 3 rings (SSSR count). The maximum atomic E-state index is 5.98. The molecule has 0 saturated heterocycles. The first-order chi connectivity index (χ1) is 17.3. The van der Waals surface area contributed by atoms with E-state index in [0.717, 1.165) is 18.8 Å².